The number of hydrogen-bond acceptors (Lipinski definition) is 4. The first-order chi connectivity index (χ1) is 8.06. The number of aromatic nitrogens is 2. The lowest BCUT2D eigenvalue weighted by Crippen LogP contribution is -1.99. The second-order valence-electron chi connectivity index (χ2n) is 3.54. The van der Waals surface area contributed by atoms with Crippen molar-refractivity contribution in [1.82, 2.24) is 9.97 Å². The van der Waals surface area contributed by atoms with E-state index in [1.165, 1.54) is 6.20 Å². The minimum atomic E-state index is 0.365. The van der Waals surface area contributed by atoms with Crippen molar-refractivity contribution in [2.45, 2.75) is 6.92 Å². The van der Waals surface area contributed by atoms with E-state index >= 15 is 0 Å². The topological polar surface area (TPSA) is 63.8 Å². The van der Waals surface area contributed by atoms with Crippen LogP contribution < -0.4 is 11.1 Å². The highest BCUT2D eigenvalue weighted by atomic mass is 79.9. The Kier molecular flexibility index (Phi) is 3.49. The van der Waals surface area contributed by atoms with Crippen LogP contribution in [0.1, 0.15) is 5.56 Å². The minimum absolute atomic E-state index is 0.365. The third kappa shape index (κ3) is 2.87. The summed E-state index contributed by atoms with van der Waals surface area (Å²) in [5.74, 6) is 0.940. The Hall–Kier alpha value is -1.33. The predicted molar refractivity (Wildman–Crippen MR) is 73.6 cm³/mol. The summed E-state index contributed by atoms with van der Waals surface area (Å²) in [7, 11) is 0. The number of rotatable bonds is 2. The number of anilines is 3. The maximum Gasteiger partial charge on any atom is 0.151 e. The largest absolute Gasteiger partial charge is 0.382 e. The fourth-order valence-electron chi connectivity index (χ4n) is 1.32. The Morgan fingerprint density at radius 2 is 2.12 bits per heavy atom. The van der Waals surface area contributed by atoms with Crippen LogP contribution in [0.2, 0.25) is 5.02 Å². The van der Waals surface area contributed by atoms with Gasteiger partial charge in [0.05, 0.1) is 18.1 Å². The number of halogens is 2. The molecule has 6 heteroatoms. The zero-order chi connectivity index (χ0) is 12.4. The van der Waals surface area contributed by atoms with Gasteiger partial charge in [0, 0.05) is 9.50 Å². The van der Waals surface area contributed by atoms with Crippen LogP contribution in [0.3, 0.4) is 0 Å². The van der Waals surface area contributed by atoms with Gasteiger partial charge in [-0.3, -0.25) is 4.98 Å². The molecule has 2 aromatic rings. The van der Waals surface area contributed by atoms with Gasteiger partial charge in [0.2, 0.25) is 0 Å². The Bertz CT molecular complexity index is 559. The van der Waals surface area contributed by atoms with Gasteiger partial charge in [0.15, 0.2) is 5.82 Å². The summed E-state index contributed by atoms with van der Waals surface area (Å²) in [6, 6.07) is 3.76. The molecule has 0 amide bonds. The molecule has 0 radical (unpaired) electrons. The van der Waals surface area contributed by atoms with E-state index in [1.54, 1.807) is 6.20 Å². The summed E-state index contributed by atoms with van der Waals surface area (Å²) in [5, 5.41) is 3.78. The summed E-state index contributed by atoms with van der Waals surface area (Å²) >= 11 is 9.52. The Labute approximate surface area is 112 Å². The molecular formula is C11H10BrClN4. The van der Waals surface area contributed by atoms with Gasteiger partial charge in [-0.1, -0.05) is 11.6 Å². The lowest BCUT2D eigenvalue weighted by Gasteiger charge is -2.09. The van der Waals surface area contributed by atoms with Gasteiger partial charge in [-0.05, 0) is 40.5 Å². The first-order valence-corrected chi connectivity index (χ1v) is 6.03. The molecule has 0 spiro atoms. The van der Waals surface area contributed by atoms with Gasteiger partial charge < -0.3 is 11.1 Å². The third-order valence-corrected chi connectivity index (χ3v) is 3.23. The average Bonchev–Trinajstić information content (AvgIpc) is 2.26. The lowest BCUT2D eigenvalue weighted by molar-refractivity contribution is 1.21. The third-order valence-electron chi connectivity index (χ3n) is 2.16. The number of nitrogens with two attached hydrogens (primary N) is 1. The quantitative estimate of drug-likeness (QED) is 0.890. The predicted octanol–water partition coefficient (Wildman–Crippen LogP) is 3.53. The minimum Gasteiger partial charge on any atom is -0.382 e. The zero-order valence-corrected chi connectivity index (χ0v) is 11.4. The Morgan fingerprint density at radius 1 is 1.35 bits per heavy atom. The molecule has 1 aromatic heterocycles. The first kappa shape index (κ1) is 12.1. The number of benzene rings is 1. The summed E-state index contributed by atoms with van der Waals surface area (Å²) in [6.07, 6.45) is 3.08. The van der Waals surface area contributed by atoms with Gasteiger partial charge >= 0.3 is 0 Å². The number of nitrogens with zero attached hydrogens (tertiary/aromatic N) is 2. The van der Waals surface area contributed by atoms with E-state index in [0.29, 0.717) is 16.7 Å². The van der Waals surface area contributed by atoms with Crippen LogP contribution >= 0.6 is 27.5 Å². The molecule has 1 heterocycles. The van der Waals surface area contributed by atoms with Crippen LogP contribution in [0.15, 0.2) is 29.0 Å². The van der Waals surface area contributed by atoms with Crippen molar-refractivity contribution in [3.8, 4) is 0 Å². The van der Waals surface area contributed by atoms with Crippen LogP contribution in [0, 0.1) is 6.92 Å². The molecule has 0 unspecified atom stereocenters. The Morgan fingerprint density at radius 3 is 2.82 bits per heavy atom. The van der Waals surface area contributed by atoms with E-state index in [2.05, 4.69) is 31.2 Å². The molecule has 0 atom stereocenters. The van der Waals surface area contributed by atoms with Crippen molar-refractivity contribution < 1.29 is 0 Å². The van der Waals surface area contributed by atoms with Crippen LogP contribution in [0.4, 0.5) is 17.3 Å². The summed E-state index contributed by atoms with van der Waals surface area (Å²) in [6.45, 7) is 1.94. The van der Waals surface area contributed by atoms with Crippen LogP contribution in [-0.4, -0.2) is 9.97 Å². The molecule has 0 bridgehead atoms. The highest BCUT2D eigenvalue weighted by Gasteiger charge is 2.05. The highest BCUT2D eigenvalue weighted by molar-refractivity contribution is 9.10. The molecule has 17 heavy (non-hydrogen) atoms. The summed E-state index contributed by atoms with van der Waals surface area (Å²) < 4.78 is 0.906. The van der Waals surface area contributed by atoms with E-state index in [9.17, 15) is 0 Å². The van der Waals surface area contributed by atoms with Gasteiger partial charge in [-0.25, -0.2) is 4.98 Å². The Balaban J connectivity index is 2.33. The van der Waals surface area contributed by atoms with Crippen molar-refractivity contribution in [3.63, 3.8) is 0 Å². The van der Waals surface area contributed by atoms with E-state index < -0.39 is 0 Å². The first-order valence-electron chi connectivity index (χ1n) is 4.86. The smallest absolute Gasteiger partial charge is 0.151 e. The highest BCUT2D eigenvalue weighted by Crippen LogP contribution is 2.30. The molecule has 88 valence electrons. The normalized spacial score (nSPS) is 10.3. The van der Waals surface area contributed by atoms with E-state index in [0.717, 1.165) is 15.7 Å². The van der Waals surface area contributed by atoms with E-state index in [1.807, 2.05) is 19.1 Å². The summed E-state index contributed by atoms with van der Waals surface area (Å²) in [4.78, 5) is 8.05. The van der Waals surface area contributed by atoms with E-state index in [4.69, 9.17) is 17.3 Å². The standard InChI is InChI=1S/C11H10BrClN4/c1-6-2-7(12)9(3-8(6)13)16-11-5-15-4-10(14)17-11/h2-5H,1H3,(H3,14,16,17). The maximum atomic E-state index is 6.06. The number of hydrogen-bond donors (Lipinski definition) is 2. The molecule has 0 aliphatic carbocycles. The SMILES string of the molecule is Cc1cc(Br)c(Nc2cncc(N)n2)cc1Cl. The molecule has 0 fully saturated rings. The second-order valence-corrected chi connectivity index (χ2v) is 4.80. The van der Waals surface area contributed by atoms with Crippen molar-refractivity contribution in [1.29, 1.82) is 0 Å². The van der Waals surface area contributed by atoms with Crippen LogP contribution in [0.25, 0.3) is 0 Å². The van der Waals surface area contributed by atoms with Crippen molar-refractivity contribution >= 4 is 44.9 Å². The van der Waals surface area contributed by atoms with Crippen LogP contribution in [0.5, 0.6) is 0 Å². The fourth-order valence-corrected chi connectivity index (χ4v) is 2.04. The molecule has 0 aliphatic rings. The van der Waals surface area contributed by atoms with Crippen molar-refractivity contribution in [3.05, 3.63) is 39.6 Å². The number of nitrogens with one attached hydrogen (secondary N) is 1. The second kappa shape index (κ2) is 4.89. The number of nitrogen functional groups attached to an aromatic ring is 1. The monoisotopic (exact) mass is 312 g/mol. The molecule has 1 aromatic carbocycles. The molecular weight excluding hydrogens is 304 g/mol. The average molecular weight is 314 g/mol. The summed E-state index contributed by atoms with van der Waals surface area (Å²) in [5.41, 5.74) is 7.38. The molecule has 3 N–H and O–H groups in total. The molecule has 0 aliphatic heterocycles. The zero-order valence-electron chi connectivity index (χ0n) is 9.04. The molecule has 0 saturated carbocycles. The van der Waals surface area contributed by atoms with Gasteiger partial charge in [-0.2, -0.15) is 0 Å². The van der Waals surface area contributed by atoms with Crippen molar-refractivity contribution in [2.24, 2.45) is 0 Å². The molecule has 2 rings (SSSR count). The van der Waals surface area contributed by atoms with Gasteiger partial charge in [0.1, 0.15) is 5.82 Å². The molecule has 4 nitrogen and oxygen atoms in total. The van der Waals surface area contributed by atoms with Gasteiger partial charge in [0.25, 0.3) is 0 Å². The maximum absolute atomic E-state index is 6.06. The van der Waals surface area contributed by atoms with Crippen molar-refractivity contribution in [2.75, 3.05) is 11.1 Å². The number of aryl methyl sites for hydroxylation is 1. The molecule has 0 saturated heterocycles. The van der Waals surface area contributed by atoms with Crippen LogP contribution in [-0.2, 0) is 0 Å². The van der Waals surface area contributed by atoms with E-state index in [-0.39, 0.29) is 0 Å². The fraction of sp³-hybridized carbons (Fsp3) is 0.0909. The van der Waals surface area contributed by atoms with Gasteiger partial charge in [-0.15, -0.1) is 0 Å². The lowest BCUT2D eigenvalue weighted by atomic mass is 10.2.